The summed E-state index contributed by atoms with van der Waals surface area (Å²) < 4.78 is 7.69. The van der Waals surface area contributed by atoms with Gasteiger partial charge in [0.05, 0.1) is 12.3 Å². The number of para-hydroxylation sites is 1. The van der Waals surface area contributed by atoms with Crippen molar-refractivity contribution in [3.63, 3.8) is 0 Å². The van der Waals surface area contributed by atoms with Crippen LogP contribution in [0.15, 0.2) is 78.4 Å². The molecule has 0 bridgehead atoms. The van der Waals surface area contributed by atoms with E-state index < -0.39 is 0 Å². The van der Waals surface area contributed by atoms with Gasteiger partial charge in [-0.3, -0.25) is 4.79 Å². The van der Waals surface area contributed by atoms with Crippen molar-refractivity contribution < 1.29 is 9.53 Å². The van der Waals surface area contributed by atoms with Crippen molar-refractivity contribution in [2.45, 2.75) is 20.4 Å². The largest absolute Gasteiger partial charge is 0.494 e. The number of carbonyl (C=O) groups is 1. The van der Waals surface area contributed by atoms with E-state index in [9.17, 15) is 4.79 Å². The summed E-state index contributed by atoms with van der Waals surface area (Å²) in [5, 5.41) is 5.13. The third-order valence-corrected chi connectivity index (χ3v) is 5.88. The van der Waals surface area contributed by atoms with Gasteiger partial charge in [0.25, 0.3) is 5.91 Å². The number of nitrogens with one attached hydrogen (secondary N) is 1. The summed E-state index contributed by atoms with van der Waals surface area (Å²) in [7, 11) is 0. The van der Waals surface area contributed by atoms with Gasteiger partial charge in [-0.05, 0) is 37.6 Å². The fourth-order valence-corrected chi connectivity index (χ4v) is 4.38. The number of hydrogen-bond acceptors (Lipinski definition) is 3. The molecule has 1 amide bonds. The highest BCUT2D eigenvalue weighted by Gasteiger charge is 2.20. The van der Waals surface area contributed by atoms with Gasteiger partial charge in [0, 0.05) is 35.4 Å². The molecule has 4 aromatic rings. The van der Waals surface area contributed by atoms with Crippen molar-refractivity contribution in [1.82, 2.24) is 9.88 Å². The van der Waals surface area contributed by atoms with Gasteiger partial charge in [0.2, 0.25) is 0 Å². The fourth-order valence-electron chi connectivity index (χ4n) is 3.39. The summed E-state index contributed by atoms with van der Waals surface area (Å²) >= 11 is 1.47. The van der Waals surface area contributed by atoms with E-state index >= 15 is 0 Å². The molecular weight excluding hydrogens is 392 g/mol. The number of rotatable bonds is 7. The van der Waals surface area contributed by atoms with Gasteiger partial charge < -0.3 is 14.6 Å². The molecule has 0 unspecified atom stereocenters. The summed E-state index contributed by atoms with van der Waals surface area (Å²) in [5.41, 5.74) is 5.23. The molecule has 0 aliphatic carbocycles. The lowest BCUT2D eigenvalue weighted by atomic mass is 10.0. The highest BCUT2D eigenvalue weighted by atomic mass is 32.1. The minimum Gasteiger partial charge on any atom is -0.494 e. The van der Waals surface area contributed by atoms with Crippen molar-refractivity contribution >= 4 is 17.2 Å². The fraction of sp³-hybridized carbons (Fsp3) is 0.160. The number of nitrogens with zero attached hydrogens (tertiary/aromatic N) is 1. The first-order valence-corrected chi connectivity index (χ1v) is 10.9. The Labute approximate surface area is 180 Å². The molecule has 2 aromatic carbocycles. The van der Waals surface area contributed by atoms with Crippen molar-refractivity contribution in [3.8, 4) is 22.6 Å². The van der Waals surface area contributed by atoms with E-state index in [1.807, 2.05) is 60.3 Å². The molecule has 2 aromatic heterocycles. The third-order valence-electron chi connectivity index (χ3n) is 4.91. The number of aryl methyl sites for hydroxylation is 1. The molecule has 4 rings (SSSR count). The van der Waals surface area contributed by atoms with E-state index in [0.29, 0.717) is 18.0 Å². The van der Waals surface area contributed by atoms with Crippen LogP contribution < -0.4 is 10.1 Å². The zero-order chi connectivity index (χ0) is 20.9. The van der Waals surface area contributed by atoms with Crippen molar-refractivity contribution in [2.75, 3.05) is 6.61 Å². The average Bonchev–Trinajstić information content (AvgIpc) is 3.43. The zero-order valence-electron chi connectivity index (χ0n) is 17.1. The maximum Gasteiger partial charge on any atom is 0.263 e. The number of hydrogen-bond donors (Lipinski definition) is 1. The second-order valence-corrected chi connectivity index (χ2v) is 7.89. The minimum atomic E-state index is -0.0895. The van der Waals surface area contributed by atoms with E-state index in [-0.39, 0.29) is 5.91 Å². The molecule has 152 valence electrons. The molecule has 30 heavy (non-hydrogen) atoms. The zero-order valence-corrected chi connectivity index (χ0v) is 17.9. The monoisotopic (exact) mass is 416 g/mol. The van der Waals surface area contributed by atoms with Crippen LogP contribution in [0.5, 0.6) is 5.75 Å². The van der Waals surface area contributed by atoms with E-state index in [4.69, 9.17) is 4.74 Å². The topological polar surface area (TPSA) is 43.3 Å². The maximum absolute atomic E-state index is 13.1. The first-order valence-electron chi connectivity index (χ1n) is 9.98. The van der Waals surface area contributed by atoms with Gasteiger partial charge >= 0.3 is 0 Å². The summed E-state index contributed by atoms with van der Waals surface area (Å²) in [6.07, 6.45) is 3.95. The number of amides is 1. The first kappa shape index (κ1) is 20.0. The maximum atomic E-state index is 13.1. The van der Waals surface area contributed by atoms with Gasteiger partial charge in [-0.25, -0.2) is 0 Å². The molecule has 0 atom stereocenters. The lowest BCUT2D eigenvalue weighted by Crippen LogP contribution is -2.23. The predicted molar refractivity (Wildman–Crippen MR) is 123 cm³/mol. The Bertz CT molecular complexity index is 1130. The smallest absolute Gasteiger partial charge is 0.263 e. The van der Waals surface area contributed by atoms with Crippen LogP contribution in [0.25, 0.3) is 16.8 Å². The third kappa shape index (κ3) is 4.16. The lowest BCUT2D eigenvalue weighted by molar-refractivity contribution is 0.0954. The molecule has 0 spiro atoms. The highest BCUT2D eigenvalue weighted by Crippen LogP contribution is 2.35. The lowest BCUT2D eigenvalue weighted by Gasteiger charge is -2.12. The summed E-state index contributed by atoms with van der Waals surface area (Å²) in [4.78, 5) is 13.8. The van der Waals surface area contributed by atoms with Crippen LogP contribution in [0.1, 0.15) is 27.7 Å². The Hall–Kier alpha value is -3.31. The Morgan fingerprint density at radius 3 is 2.50 bits per heavy atom. The number of benzene rings is 2. The summed E-state index contributed by atoms with van der Waals surface area (Å²) in [6.45, 7) is 5.03. The van der Waals surface area contributed by atoms with Crippen molar-refractivity contribution in [2.24, 2.45) is 0 Å². The van der Waals surface area contributed by atoms with Crippen LogP contribution >= 0.6 is 11.3 Å². The van der Waals surface area contributed by atoms with Gasteiger partial charge in [0.15, 0.2) is 0 Å². The van der Waals surface area contributed by atoms with Crippen LogP contribution in [0.2, 0.25) is 0 Å². The second kappa shape index (κ2) is 9.01. The molecule has 5 heteroatoms. The number of aromatic nitrogens is 1. The van der Waals surface area contributed by atoms with Gasteiger partial charge in [-0.2, -0.15) is 0 Å². The Kier molecular flexibility index (Phi) is 6.00. The Balaban J connectivity index is 1.64. The Morgan fingerprint density at radius 2 is 1.77 bits per heavy atom. The second-order valence-electron chi connectivity index (χ2n) is 7.01. The molecular formula is C25H24N2O2S. The van der Waals surface area contributed by atoms with E-state index in [0.717, 1.165) is 28.1 Å². The summed E-state index contributed by atoms with van der Waals surface area (Å²) in [6, 6.07) is 20.1. The molecule has 2 heterocycles. The van der Waals surface area contributed by atoms with Crippen molar-refractivity contribution in [3.05, 3.63) is 94.4 Å². The molecule has 1 N–H and O–H groups in total. The predicted octanol–water partition coefficient (Wildman–Crippen LogP) is 5.84. The minimum absolute atomic E-state index is 0.0895. The van der Waals surface area contributed by atoms with Gasteiger partial charge in [-0.15, -0.1) is 11.3 Å². The van der Waals surface area contributed by atoms with Crippen LogP contribution in [0, 0.1) is 6.92 Å². The highest BCUT2D eigenvalue weighted by molar-refractivity contribution is 7.13. The first-order chi connectivity index (χ1) is 14.7. The Morgan fingerprint density at radius 1 is 1.03 bits per heavy atom. The molecule has 0 saturated carbocycles. The summed E-state index contributed by atoms with van der Waals surface area (Å²) in [5.74, 6) is 0.714. The standard InChI is InChI=1S/C25H24N2O2S/c1-3-29-22-9-5-4-8-20(22)16-26-25(28)24-23(27-14-6-7-15-27)21(17-30-24)19-12-10-18(2)11-13-19/h4-15,17H,3,16H2,1-2H3,(H,26,28). The molecule has 0 aliphatic heterocycles. The SMILES string of the molecule is CCOc1ccccc1CNC(=O)c1scc(-c2ccc(C)cc2)c1-n1cccc1. The number of carbonyl (C=O) groups excluding carboxylic acids is 1. The van der Waals surface area contributed by atoms with Crippen LogP contribution in [0.4, 0.5) is 0 Å². The normalized spacial score (nSPS) is 10.7. The van der Waals surface area contributed by atoms with E-state index in [1.54, 1.807) is 0 Å². The molecule has 0 saturated heterocycles. The number of thiophene rings is 1. The van der Waals surface area contributed by atoms with Gasteiger partial charge in [-0.1, -0.05) is 48.0 Å². The van der Waals surface area contributed by atoms with E-state index in [2.05, 4.69) is 41.9 Å². The molecule has 0 aliphatic rings. The van der Waals surface area contributed by atoms with Crippen LogP contribution in [-0.2, 0) is 6.54 Å². The number of ether oxygens (including phenoxy) is 1. The van der Waals surface area contributed by atoms with Crippen LogP contribution in [-0.4, -0.2) is 17.1 Å². The van der Waals surface area contributed by atoms with Gasteiger partial charge in [0.1, 0.15) is 10.6 Å². The van der Waals surface area contributed by atoms with Crippen molar-refractivity contribution in [1.29, 1.82) is 0 Å². The molecule has 0 fully saturated rings. The van der Waals surface area contributed by atoms with Crippen LogP contribution in [0.3, 0.4) is 0 Å². The molecule has 4 nitrogen and oxygen atoms in total. The average molecular weight is 417 g/mol. The van der Waals surface area contributed by atoms with E-state index in [1.165, 1.54) is 16.9 Å². The molecule has 0 radical (unpaired) electrons. The quantitative estimate of drug-likeness (QED) is 0.411.